The largest absolute Gasteiger partial charge is 0.466 e. The van der Waals surface area contributed by atoms with Gasteiger partial charge in [0.05, 0.1) is 12.7 Å². The molecule has 0 N–H and O–H groups in total. The fraction of sp³-hybridized carbons (Fsp3) is 0.917. The van der Waals surface area contributed by atoms with Crippen LogP contribution in [0.3, 0.4) is 0 Å². The molecule has 0 heterocycles. The molecule has 0 bridgehead atoms. The van der Waals surface area contributed by atoms with Gasteiger partial charge in [0.25, 0.3) is 0 Å². The molecular formula is C24H46O4. The van der Waals surface area contributed by atoms with Gasteiger partial charge in [0, 0.05) is 12.8 Å². The van der Waals surface area contributed by atoms with Crippen LogP contribution in [0.15, 0.2) is 0 Å². The standard InChI is InChI=1S/C24H46O4/c1-4-6-8-10-12-14-18-22(3)28-24(26)20-16-15-19-23(25)27-21-17-13-11-9-7-5-2/h22H,4-21H2,1-3H3. The first-order chi connectivity index (χ1) is 13.6. The molecule has 0 aliphatic rings. The minimum absolute atomic E-state index is 0.000895. The van der Waals surface area contributed by atoms with Gasteiger partial charge >= 0.3 is 11.9 Å². The molecule has 0 saturated carbocycles. The lowest BCUT2D eigenvalue weighted by Gasteiger charge is -2.13. The summed E-state index contributed by atoms with van der Waals surface area (Å²) in [6.45, 7) is 6.94. The van der Waals surface area contributed by atoms with Crippen molar-refractivity contribution in [2.75, 3.05) is 6.61 Å². The van der Waals surface area contributed by atoms with Gasteiger partial charge in [-0.15, -0.1) is 0 Å². The summed E-state index contributed by atoms with van der Waals surface area (Å²) < 4.78 is 10.7. The number of carbonyl (C=O) groups is 2. The van der Waals surface area contributed by atoms with Gasteiger partial charge in [-0.2, -0.15) is 0 Å². The zero-order chi connectivity index (χ0) is 20.9. The lowest BCUT2D eigenvalue weighted by atomic mass is 10.1. The Balaban J connectivity index is 3.46. The number of carbonyl (C=O) groups excluding carboxylic acids is 2. The topological polar surface area (TPSA) is 52.6 Å². The lowest BCUT2D eigenvalue weighted by Crippen LogP contribution is -2.14. The zero-order valence-electron chi connectivity index (χ0n) is 18.9. The van der Waals surface area contributed by atoms with Crippen LogP contribution in [0.4, 0.5) is 0 Å². The summed E-state index contributed by atoms with van der Waals surface area (Å²) in [7, 11) is 0. The first kappa shape index (κ1) is 26.9. The lowest BCUT2D eigenvalue weighted by molar-refractivity contribution is -0.149. The van der Waals surface area contributed by atoms with Crippen LogP contribution < -0.4 is 0 Å². The van der Waals surface area contributed by atoms with E-state index in [2.05, 4.69) is 13.8 Å². The van der Waals surface area contributed by atoms with E-state index >= 15 is 0 Å². The maximum atomic E-state index is 11.9. The Morgan fingerprint density at radius 3 is 1.75 bits per heavy atom. The predicted molar refractivity (Wildman–Crippen MR) is 116 cm³/mol. The van der Waals surface area contributed by atoms with Crippen LogP contribution in [-0.4, -0.2) is 24.6 Å². The van der Waals surface area contributed by atoms with Crippen molar-refractivity contribution in [2.24, 2.45) is 0 Å². The van der Waals surface area contributed by atoms with Crippen LogP contribution in [0.5, 0.6) is 0 Å². The third kappa shape index (κ3) is 19.7. The number of hydrogen-bond donors (Lipinski definition) is 0. The Bertz CT molecular complexity index is 368. The molecule has 1 atom stereocenters. The highest BCUT2D eigenvalue weighted by Gasteiger charge is 2.10. The summed E-state index contributed by atoms with van der Waals surface area (Å²) >= 11 is 0. The molecule has 28 heavy (non-hydrogen) atoms. The molecule has 0 aromatic heterocycles. The normalized spacial score (nSPS) is 12.0. The minimum Gasteiger partial charge on any atom is -0.466 e. The van der Waals surface area contributed by atoms with Crippen molar-refractivity contribution in [1.82, 2.24) is 0 Å². The molecule has 4 heteroatoms. The number of unbranched alkanes of at least 4 members (excludes halogenated alkanes) is 11. The van der Waals surface area contributed by atoms with Crippen molar-refractivity contribution in [3.8, 4) is 0 Å². The molecule has 0 radical (unpaired) electrons. The van der Waals surface area contributed by atoms with Crippen LogP contribution in [-0.2, 0) is 19.1 Å². The molecule has 0 aliphatic heterocycles. The van der Waals surface area contributed by atoms with Gasteiger partial charge in [-0.3, -0.25) is 9.59 Å². The Morgan fingerprint density at radius 1 is 0.643 bits per heavy atom. The Labute approximate surface area is 174 Å². The van der Waals surface area contributed by atoms with Gasteiger partial charge in [-0.25, -0.2) is 0 Å². The molecule has 0 amide bonds. The maximum absolute atomic E-state index is 11.9. The molecule has 166 valence electrons. The molecule has 0 rings (SSSR count). The van der Waals surface area contributed by atoms with Gasteiger partial charge in [-0.05, 0) is 39.0 Å². The molecule has 0 fully saturated rings. The molecule has 0 aromatic rings. The molecule has 4 nitrogen and oxygen atoms in total. The van der Waals surface area contributed by atoms with E-state index < -0.39 is 0 Å². The van der Waals surface area contributed by atoms with E-state index in [4.69, 9.17) is 9.47 Å². The van der Waals surface area contributed by atoms with Crippen molar-refractivity contribution in [2.45, 2.75) is 136 Å². The van der Waals surface area contributed by atoms with E-state index in [0.717, 1.165) is 25.7 Å². The Hall–Kier alpha value is -1.06. The van der Waals surface area contributed by atoms with E-state index in [-0.39, 0.29) is 18.0 Å². The van der Waals surface area contributed by atoms with Crippen LogP contribution in [0.2, 0.25) is 0 Å². The monoisotopic (exact) mass is 398 g/mol. The van der Waals surface area contributed by atoms with Gasteiger partial charge in [0.2, 0.25) is 0 Å². The molecule has 0 spiro atoms. The van der Waals surface area contributed by atoms with Crippen LogP contribution in [0.1, 0.15) is 130 Å². The highest BCUT2D eigenvalue weighted by atomic mass is 16.5. The van der Waals surface area contributed by atoms with E-state index in [1.54, 1.807) is 0 Å². The summed E-state index contributed by atoms with van der Waals surface area (Å²) in [4.78, 5) is 23.5. The molecule has 0 aromatic carbocycles. The van der Waals surface area contributed by atoms with Crippen LogP contribution in [0.25, 0.3) is 0 Å². The predicted octanol–water partition coefficient (Wildman–Crippen LogP) is 7.13. The molecule has 0 saturated heterocycles. The average Bonchev–Trinajstić information content (AvgIpc) is 2.67. The van der Waals surface area contributed by atoms with Crippen molar-refractivity contribution in [1.29, 1.82) is 0 Å². The maximum Gasteiger partial charge on any atom is 0.306 e. The van der Waals surface area contributed by atoms with Crippen molar-refractivity contribution in [3.05, 3.63) is 0 Å². The average molecular weight is 399 g/mol. The van der Waals surface area contributed by atoms with Gasteiger partial charge in [0.1, 0.15) is 0 Å². The summed E-state index contributed by atoms with van der Waals surface area (Å²) in [5, 5.41) is 0. The number of hydrogen-bond acceptors (Lipinski definition) is 4. The second-order valence-corrected chi connectivity index (χ2v) is 8.05. The third-order valence-corrected chi connectivity index (χ3v) is 5.07. The first-order valence-electron chi connectivity index (χ1n) is 11.9. The Morgan fingerprint density at radius 2 is 1.14 bits per heavy atom. The van der Waals surface area contributed by atoms with E-state index in [9.17, 15) is 9.59 Å². The summed E-state index contributed by atoms with van der Waals surface area (Å²) in [6, 6.07) is 0. The summed E-state index contributed by atoms with van der Waals surface area (Å²) in [6.07, 6.45) is 17.8. The second kappa shape index (κ2) is 20.7. The van der Waals surface area contributed by atoms with Gasteiger partial charge < -0.3 is 9.47 Å². The van der Waals surface area contributed by atoms with Crippen molar-refractivity contribution >= 4 is 11.9 Å². The van der Waals surface area contributed by atoms with E-state index in [1.165, 1.54) is 57.8 Å². The van der Waals surface area contributed by atoms with E-state index in [0.29, 0.717) is 32.3 Å². The SMILES string of the molecule is CCCCCCCCOC(=O)CCCCC(=O)OC(C)CCCCCCCC. The second-order valence-electron chi connectivity index (χ2n) is 8.05. The van der Waals surface area contributed by atoms with E-state index in [1.807, 2.05) is 6.92 Å². The highest BCUT2D eigenvalue weighted by Crippen LogP contribution is 2.12. The smallest absolute Gasteiger partial charge is 0.306 e. The molecule has 1 unspecified atom stereocenters. The third-order valence-electron chi connectivity index (χ3n) is 5.07. The Kier molecular flexibility index (Phi) is 19.9. The van der Waals surface area contributed by atoms with Crippen molar-refractivity contribution < 1.29 is 19.1 Å². The summed E-state index contributed by atoms with van der Waals surface area (Å²) in [5.74, 6) is -0.280. The molecular weight excluding hydrogens is 352 g/mol. The quantitative estimate of drug-likeness (QED) is 0.162. The number of rotatable bonds is 20. The first-order valence-corrected chi connectivity index (χ1v) is 11.9. The zero-order valence-corrected chi connectivity index (χ0v) is 18.9. The summed E-state index contributed by atoms with van der Waals surface area (Å²) in [5.41, 5.74) is 0. The molecule has 0 aliphatic carbocycles. The van der Waals surface area contributed by atoms with Crippen LogP contribution >= 0.6 is 0 Å². The van der Waals surface area contributed by atoms with Crippen LogP contribution in [0, 0.1) is 0 Å². The van der Waals surface area contributed by atoms with Crippen molar-refractivity contribution in [3.63, 3.8) is 0 Å². The fourth-order valence-electron chi connectivity index (χ4n) is 3.23. The minimum atomic E-state index is -0.140. The number of esters is 2. The number of ether oxygens (including phenoxy) is 2. The fourth-order valence-corrected chi connectivity index (χ4v) is 3.23. The van der Waals surface area contributed by atoms with Gasteiger partial charge in [-0.1, -0.05) is 78.1 Å². The van der Waals surface area contributed by atoms with Gasteiger partial charge in [0.15, 0.2) is 0 Å². The highest BCUT2D eigenvalue weighted by molar-refractivity contribution is 5.70.